The number of methoxy groups -OCH3 is 1. The van der Waals surface area contributed by atoms with Crippen LogP contribution < -0.4 is 5.32 Å². The number of nitrogens with one attached hydrogen (secondary N) is 1. The minimum atomic E-state index is -1.67. The van der Waals surface area contributed by atoms with E-state index in [1.165, 1.54) is 14.0 Å². The first-order valence-corrected chi connectivity index (χ1v) is 29.4. The molecule has 1 amide bonds. The first-order valence-electron chi connectivity index (χ1n) is 29.0. The molecule has 5 aromatic rings. The summed E-state index contributed by atoms with van der Waals surface area (Å²) in [4.78, 5) is 25.3. The Hall–Kier alpha value is -5.19. The van der Waals surface area contributed by atoms with Crippen molar-refractivity contribution in [1.82, 2.24) is 5.32 Å². The Labute approximate surface area is 493 Å². The largest absolute Gasteiger partial charge is 0.469 e. The van der Waals surface area contributed by atoms with Gasteiger partial charge in [-0.3, -0.25) is 9.59 Å². The number of rotatable bonds is 32. The molecule has 3 heterocycles. The molecule has 83 heavy (non-hydrogen) atoms. The number of benzene rings is 5. The molecule has 0 aliphatic carbocycles. The lowest BCUT2D eigenvalue weighted by Crippen LogP contribution is -2.70. The highest BCUT2D eigenvalue weighted by Crippen LogP contribution is 2.38. The van der Waals surface area contributed by atoms with E-state index < -0.39 is 97.2 Å². The Morgan fingerprint density at radius 2 is 0.940 bits per heavy atom. The molecule has 8 rings (SSSR count). The fraction of sp³-hybridized carbons (Fsp3) is 0.508. The smallest absolute Gasteiger partial charge is 0.305 e. The summed E-state index contributed by atoms with van der Waals surface area (Å²) >= 11 is 6.83. The van der Waals surface area contributed by atoms with Crippen molar-refractivity contribution >= 4 is 23.5 Å². The summed E-state index contributed by atoms with van der Waals surface area (Å²) in [5.74, 6) is -0.646. The number of halogens is 1. The highest BCUT2D eigenvalue weighted by Gasteiger charge is 2.56. The number of carbonyl (C=O) groups excluding carboxylic acids is 2. The number of hydrogen-bond donors (Lipinski definition) is 3. The third-order valence-corrected chi connectivity index (χ3v) is 15.4. The van der Waals surface area contributed by atoms with Crippen molar-refractivity contribution in [2.24, 2.45) is 0 Å². The van der Waals surface area contributed by atoms with Gasteiger partial charge in [-0.2, -0.15) is 0 Å². The van der Waals surface area contributed by atoms with Crippen LogP contribution in [0.15, 0.2) is 152 Å². The van der Waals surface area contributed by atoms with Gasteiger partial charge in [-0.15, -0.1) is 11.6 Å². The van der Waals surface area contributed by atoms with Gasteiger partial charge in [0.25, 0.3) is 0 Å². The van der Waals surface area contributed by atoms with Crippen LogP contribution >= 0.6 is 11.6 Å². The lowest BCUT2D eigenvalue weighted by atomic mass is 9.94. The third-order valence-electron chi connectivity index (χ3n) is 14.9. The molecule has 3 aliphatic rings. The van der Waals surface area contributed by atoms with Gasteiger partial charge in [-0.05, 0) is 47.6 Å². The highest BCUT2D eigenvalue weighted by atomic mass is 35.5. The maximum absolute atomic E-state index is 13.6. The second-order valence-corrected chi connectivity index (χ2v) is 21.8. The molecule has 17 nitrogen and oxygen atoms in total. The number of unbranched alkanes of at least 4 members (excludes halogenated alkanes) is 5. The number of amides is 1. The van der Waals surface area contributed by atoms with Gasteiger partial charge in [0.05, 0.1) is 64.8 Å². The van der Waals surface area contributed by atoms with E-state index in [4.69, 9.17) is 68.4 Å². The van der Waals surface area contributed by atoms with Crippen LogP contribution in [0.25, 0.3) is 0 Å². The van der Waals surface area contributed by atoms with Crippen LogP contribution in [0.1, 0.15) is 86.6 Å². The van der Waals surface area contributed by atoms with Gasteiger partial charge >= 0.3 is 5.97 Å². The summed E-state index contributed by atoms with van der Waals surface area (Å²) in [6.45, 7) is 4.37. The van der Waals surface area contributed by atoms with Gasteiger partial charge in [-0.25, -0.2) is 0 Å². The van der Waals surface area contributed by atoms with E-state index in [2.05, 4.69) is 5.32 Å². The molecule has 0 bridgehead atoms. The van der Waals surface area contributed by atoms with Crippen molar-refractivity contribution in [3.63, 3.8) is 0 Å². The molecular weight excluding hydrogens is 1090 g/mol. The predicted molar refractivity (Wildman–Crippen MR) is 308 cm³/mol. The van der Waals surface area contributed by atoms with Crippen molar-refractivity contribution in [3.05, 3.63) is 179 Å². The highest BCUT2D eigenvalue weighted by molar-refractivity contribution is 6.21. The quantitative estimate of drug-likeness (QED) is 0.0209. The lowest BCUT2D eigenvalue weighted by Gasteiger charge is -2.51. The van der Waals surface area contributed by atoms with E-state index in [1.54, 1.807) is 0 Å². The van der Waals surface area contributed by atoms with Crippen LogP contribution in [-0.2, 0) is 99.5 Å². The molecule has 0 spiro atoms. The Morgan fingerprint density at radius 1 is 0.494 bits per heavy atom. The topological polar surface area (TPSA) is 197 Å². The lowest BCUT2D eigenvalue weighted by molar-refractivity contribution is -0.375. The molecule has 3 saturated heterocycles. The number of carbonyl (C=O) groups is 2. The second-order valence-electron chi connectivity index (χ2n) is 21.3. The molecule has 0 aromatic heterocycles. The first kappa shape index (κ1) is 63.8. The van der Waals surface area contributed by atoms with Crippen LogP contribution in [0.3, 0.4) is 0 Å². The van der Waals surface area contributed by atoms with Crippen LogP contribution in [0, 0.1) is 0 Å². The molecule has 0 saturated carbocycles. The molecule has 3 fully saturated rings. The number of esters is 1. The first-order chi connectivity index (χ1) is 40.5. The predicted octanol–water partition coefficient (Wildman–Crippen LogP) is 8.90. The molecule has 15 atom stereocenters. The van der Waals surface area contributed by atoms with Crippen LogP contribution in [-0.4, -0.2) is 140 Å². The van der Waals surface area contributed by atoms with Crippen molar-refractivity contribution in [2.75, 3.05) is 26.9 Å². The van der Waals surface area contributed by atoms with Gasteiger partial charge in [0, 0.05) is 20.0 Å². The second kappa shape index (κ2) is 34.1. The van der Waals surface area contributed by atoms with E-state index in [1.807, 2.05) is 159 Å². The van der Waals surface area contributed by atoms with E-state index in [0.29, 0.717) is 12.8 Å². The summed E-state index contributed by atoms with van der Waals surface area (Å²) < 4.78 is 79.5. The zero-order chi connectivity index (χ0) is 58.2. The Kier molecular flexibility index (Phi) is 26.2. The zero-order valence-corrected chi connectivity index (χ0v) is 48.4. The molecule has 3 N–H and O–H groups in total. The Bertz CT molecular complexity index is 2600. The molecule has 0 unspecified atom stereocenters. The molecular formula is C65H82ClNO16. The Balaban J connectivity index is 1.14. The summed E-state index contributed by atoms with van der Waals surface area (Å²) in [6, 6.07) is 47.5. The molecule has 3 aliphatic heterocycles. The molecule has 5 aromatic carbocycles. The van der Waals surface area contributed by atoms with E-state index in [0.717, 1.165) is 59.9 Å². The van der Waals surface area contributed by atoms with E-state index in [9.17, 15) is 19.8 Å². The van der Waals surface area contributed by atoms with E-state index in [-0.39, 0.29) is 58.8 Å². The van der Waals surface area contributed by atoms with Crippen molar-refractivity contribution in [3.8, 4) is 0 Å². The summed E-state index contributed by atoms with van der Waals surface area (Å²) in [5, 5.41) is 25.5. The van der Waals surface area contributed by atoms with Crippen molar-refractivity contribution in [2.45, 2.75) is 183 Å². The van der Waals surface area contributed by atoms with Crippen molar-refractivity contribution in [1.29, 1.82) is 0 Å². The van der Waals surface area contributed by atoms with Gasteiger partial charge in [0.2, 0.25) is 5.91 Å². The van der Waals surface area contributed by atoms with Crippen LogP contribution in [0.2, 0.25) is 0 Å². The van der Waals surface area contributed by atoms with Gasteiger partial charge < -0.3 is 72.4 Å². The maximum Gasteiger partial charge on any atom is 0.305 e. The fourth-order valence-corrected chi connectivity index (χ4v) is 10.7. The average Bonchev–Trinajstić information content (AvgIpc) is 2.76. The van der Waals surface area contributed by atoms with Gasteiger partial charge in [0.15, 0.2) is 18.9 Å². The SMILES string of the molecule is COC(=O)CCCCCCCCO[C@@H]1O[C@H](COCc2ccccc2)[C@@H](O[C@@H]2O[C@H](COCc3ccccc3)[C@H](Cl)[C@H](O)[C@H]2O)[C@H](O[C@@H]2O[C@@H](C)[C@@H](OCc3ccccc3)[C@@H](OCc3ccccc3)[C@@H]2OCc2ccccc2)[C@H]1NC(C)=O. The van der Waals surface area contributed by atoms with Gasteiger partial charge in [-0.1, -0.05) is 177 Å². The molecule has 18 heteroatoms. The normalized spacial score (nSPS) is 28.1. The van der Waals surface area contributed by atoms with Crippen LogP contribution in [0.5, 0.6) is 0 Å². The zero-order valence-electron chi connectivity index (χ0n) is 47.7. The number of aliphatic hydroxyl groups is 2. The molecule has 450 valence electrons. The Morgan fingerprint density at radius 3 is 1.46 bits per heavy atom. The standard InChI is InChI=1S/C65H82ClNO16/c1-44-58(76-39-48-29-17-10-18-30-48)61(77-40-49-31-19-11-20-32-49)62(78-41-50-33-21-12-22-34-50)65(79-44)83-60-55(67-45(2)68)63(75-36-24-7-5-4-6-23-35-53(69)72-3)81-52(43-74-38-47-27-15-9-16-28-47)59(60)82-64-57(71)56(70)54(66)51(80-64)42-73-37-46-25-13-8-14-26-46/h8-22,25-34,44,51-52,54-65,70-71H,4-7,23-24,35-43H2,1-3H3,(H,67,68)/t44-,51+,52+,54-,55+,56-,57+,58+,59+,60+,61+,62-,63+,64-,65-/m0/s1. The minimum absolute atomic E-state index is 0.0541. The average molecular weight is 1170 g/mol. The van der Waals surface area contributed by atoms with Crippen LogP contribution in [0.4, 0.5) is 0 Å². The number of ether oxygens (including phenoxy) is 12. The third kappa shape index (κ3) is 19.7. The summed E-state index contributed by atoms with van der Waals surface area (Å²) in [5.41, 5.74) is 4.57. The molecule has 0 radical (unpaired) electrons. The summed E-state index contributed by atoms with van der Waals surface area (Å²) in [7, 11) is 1.40. The minimum Gasteiger partial charge on any atom is -0.469 e. The maximum atomic E-state index is 13.6. The summed E-state index contributed by atoms with van der Waals surface area (Å²) in [6.07, 6.45) is -9.50. The number of alkyl halides is 1. The number of hydrogen-bond acceptors (Lipinski definition) is 16. The van der Waals surface area contributed by atoms with E-state index >= 15 is 0 Å². The van der Waals surface area contributed by atoms with Crippen molar-refractivity contribution < 1.29 is 76.6 Å². The monoisotopic (exact) mass is 1170 g/mol. The van der Waals surface area contributed by atoms with Gasteiger partial charge in [0.1, 0.15) is 61.0 Å². The number of aliphatic hydroxyl groups excluding tert-OH is 2. The fourth-order valence-electron chi connectivity index (χ4n) is 10.4.